The minimum Gasteiger partial charge on any atom is -0.493 e. The molecule has 1 fully saturated rings. The Balaban J connectivity index is 1.39. The molecule has 0 aliphatic carbocycles. The van der Waals surface area contributed by atoms with Crippen LogP contribution in [0.4, 0.5) is 0 Å². The van der Waals surface area contributed by atoms with Crippen LogP contribution in [0, 0.1) is 0 Å². The van der Waals surface area contributed by atoms with E-state index in [1.807, 2.05) is 24.3 Å². The van der Waals surface area contributed by atoms with Crippen molar-refractivity contribution >= 4 is 5.91 Å². The third-order valence-electron chi connectivity index (χ3n) is 6.27. The number of likely N-dealkylation sites (tertiary alicyclic amines) is 1. The van der Waals surface area contributed by atoms with Crippen molar-refractivity contribution in [2.45, 2.75) is 51.0 Å². The monoisotopic (exact) mass is 409 g/mol. The Hall–Kier alpha value is -2.69. The first-order valence-electron chi connectivity index (χ1n) is 10.9. The number of carbonyl (C=O) groups is 1. The van der Waals surface area contributed by atoms with Crippen LogP contribution in [0.25, 0.3) is 0 Å². The molecule has 2 aromatic rings. The van der Waals surface area contributed by atoms with Crippen molar-refractivity contribution < 1.29 is 19.0 Å². The van der Waals surface area contributed by atoms with Crippen molar-refractivity contribution in [1.29, 1.82) is 0 Å². The molecule has 1 amide bonds. The average Bonchev–Trinajstić information content (AvgIpc) is 3.25. The fourth-order valence-corrected chi connectivity index (χ4v) is 4.62. The van der Waals surface area contributed by atoms with Gasteiger partial charge in [-0.2, -0.15) is 0 Å². The van der Waals surface area contributed by atoms with Crippen LogP contribution in [0.5, 0.6) is 17.2 Å². The molecule has 0 aromatic heterocycles. The standard InChI is InChI=1S/C25H31NO4/c1-28-23-11-7-18(16-24(23)29-2)6-9-21-5-3-4-13-26(21)25(27)17-19-8-10-22-20(15-19)12-14-30-22/h7-8,10-11,15-16,21H,3-6,9,12-14,17H2,1-2H3. The molecule has 1 atom stereocenters. The molecule has 0 spiro atoms. The summed E-state index contributed by atoms with van der Waals surface area (Å²) >= 11 is 0. The molecule has 1 unspecified atom stereocenters. The molecule has 2 heterocycles. The van der Waals surface area contributed by atoms with E-state index in [9.17, 15) is 4.79 Å². The fraction of sp³-hybridized carbons (Fsp3) is 0.480. The highest BCUT2D eigenvalue weighted by Gasteiger charge is 2.27. The number of rotatable bonds is 7. The molecular weight excluding hydrogens is 378 g/mol. The van der Waals surface area contributed by atoms with Gasteiger partial charge in [0.15, 0.2) is 11.5 Å². The third-order valence-corrected chi connectivity index (χ3v) is 6.27. The molecule has 2 aromatic carbocycles. The number of hydrogen-bond acceptors (Lipinski definition) is 4. The Morgan fingerprint density at radius 2 is 1.90 bits per heavy atom. The topological polar surface area (TPSA) is 48.0 Å². The number of piperidine rings is 1. The van der Waals surface area contributed by atoms with E-state index >= 15 is 0 Å². The smallest absolute Gasteiger partial charge is 0.227 e. The van der Waals surface area contributed by atoms with Gasteiger partial charge in [0, 0.05) is 19.0 Å². The summed E-state index contributed by atoms with van der Waals surface area (Å²) in [5, 5.41) is 0. The van der Waals surface area contributed by atoms with Gasteiger partial charge in [0.25, 0.3) is 0 Å². The number of carbonyl (C=O) groups excluding carboxylic acids is 1. The molecule has 0 bridgehead atoms. The van der Waals surface area contributed by atoms with E-state index in [1.165, 1.54) is 17.5 Å². The summed E-state index contributed by atoms with van der Waals surface area (Å²) in [4.78, 5) is 15.3. The Kier molecular flexibility index (Phi) is 6.46. The van der Waals surface area contributed by atoms with E-state index in [0.29, 0.717) is 12.5 Å². The summed E-state index contributed by atoms with van der Waals surface area (Å²) in [7, 11) is 3.31. The zero-order valence-electron chi connectivity index (χ0n) is 18.0. The number of aryl methyl sites for hydroxylation is 1. The maximum absolute atomic E-state index is 13.1. The van der Waals surface area contributed by atoms with Crippen LogP contribution < -0.4 is 14.2 Å². The zero-order valence-corrected chi connectivity index (χ0v) is 18.0. The van der Waals surface area contributed by atoms with Crippen LogP contribution in [-0.4, -0.2) is 44.2 Å². The highest BCUT2D eigenvalue weighted by Crippen LogP contribution is 2.30. The summed E-state index contributed by atoms with van der Waals surface area (Å²) in [5.74, 6) is 2.71. The summed E-state index contributed by atoms with van der Waals surface area (Å²) < 4.78 is 16.3. The second-order valence-electron chi connectivity index (χ2n) is 8.18. The van der Waals surface area contributed by atoms with Crippen molar-refractivity contribution in [2.24, 2.45) is 0 Å². The second kappa shape index (κ2) is 9.41. The zero-order chi connectivity index (χ0) is 20.9. The lowest BCUT2D eigenvalue weighted by atomic mass is 9.94. The molecule has 1 saturated heterocycles. The number of ether oxygens (including phenoxy) is 3. The van der Waals surface area contributed by atoms with Crippen LogP contribution in [0.3, 0.4) is 0 Å². The highest BCUT2D eigenvalue weighted by molar-refractivity contribution is 5.79. The number of methoxy groups -OCH3 is 2. The van der Waals surface area contributed by atoms with Gasteiger partial charge >= 0.3 is 0 Å². The molecule has 2 aliphatic rings. The van der Waals surface area contributed by atoms with Gasteiger partial charge in [-0.3, -0.25) is 4.79 Å². The average molecular weight is 410 g/mol. The molecule has 30 heavy (non-hydrogen) atoms. The van der Waals surface area contributed by atoms with Crippen LogP contribution in [0.2, 0.25) is 0 Å². The SMILES string of the molecule is COc1ccc(CCC2CCCCN2C(=O)Cc2ccc3c(c2)CCO3)cc1OC. The number of hydrogen-bond donors (Lipinski definition) is 0. The van der Waals surface area contributed by atoms with Gasteiger partial charge in [0.1, 0.15) is 5.75 Å². The number of benzene rings is 2. The minimum atomic E-state index is 0.242. The Morgan fingerprint density at radius 1 is 1.07 bits per heavy atom. The molecule has 0 saturated carbocycles. The lowest BCUT2D eigenvalue weighted by molar-refractivity contribution is -0.134. The predicted molar refractivity (Wildman–Crippen MR) is 117 cm³/mol. The molecule has 0 radical (unpaired) electrons. The quantitative estimate of drug-likeness (QED) is 0.688. The van der Waals surface area contributed by atoms with E-state index in [0.717, 1.165) is 68.1 Å². The fourth-order valence-electron chi connectivity index (χ4n) is 4.62. The van der Waals surface area contributed by atoms with Crippen LogP contribution in [0.15, 0.2) is 36.4 Å². The van der Waals surface area contributed by atoms with E-state index in [1.54, 1.807) is 14.2 Å². The molecule has 5 heteroatoms. The molecule has 2 aliphatic heterocycles. The number of amides is 1. The van der Waals surface area contributed by atoms with Crippen molar-refractivity contribution in [2.75, 3.05) is 27.4 Å². The van der Waals surface area contributed by atoms with Crippen LogP contribution in [0.1, 0.15) is 42.4 Å². The van der Waals surface area contributed by atoms with Crippen LogP contribution >= 0.6 is 0 Å². The normalized spacial score (nSPS) is 17.9. The van der Waals surface area contributed by atoms with Gasteiger partial charge in [-0.25, -0.2) is 0 Å². The van der Waals surface area contributed by atoms with Crippen molar-refractivity contribution in [3.63, 3.8) is 0 Å². The summed E-state index contributed by atoms with van der Waals surface area (Å²) in [6, 6.07) is 12.6. The largest absolute Gasteiger partial charge is 0.493 e. The van der Waals surface area contributed by atoms with Gasteiger partial charge in [-0.15, -0.1) is 0 Å². The van der Waals surface area contributed by atoms with E-state index in [2.05, 4.69) is 17.0 Å². The van der Waals surface area contributed by atoms with E-state index in [4.69, 9.17) is 14.2 Å². The molecule has 0 N–H and O–H groups in total. The van der Waals surface area contributed by atoms with Crippen molar-refractivity contribution in [3.8, 4) is 17.2 Å². The van der Waals surface area contributed by atoms with Gasteiger partial charge in [0.05, 0.1) is 27.2 Å². The Labute approximate surface area is 178 Å². The highest BCUT2D eigenvalue weighted by atomic mass is 16.5. The van der Waals surface area contributed by atoms with Crippen molar-refractivity contribution in [3.05, 3.63) is 53.1 Å². The number of nitrogens with zero attached hydrogens (tertiary/aromatic N) is 1. The lowest BCUT2D eigenvalue weighted by Gasteiger charge is -2.36. The Morgan fingerprint density at radius 3 is 2.73 bits per heavy atom. The van der Waals surface area contributed by atoms with Gasteiger partial charge in [0.2, 0.25) is 5.91 Å². The minimum absolute atomic E-state index is 0.242. The van der Waals surface area contributed by atoms with Gasteiger partial charge < -0.3 is 19.1 Å². The predicted octanol–water partition coefficient (Wildman–Crippen LogP) is 4.20. The first-order valence-corrected chi connectivity index (χ1v) is 10.9. The summed E-state index contributed by atoms with van der Waals surface area (Å²) in [6.07, 6.45) is 6.67. The maximum Gasteiger partial charge on any atom is 0.227 e. The van der Waals surface area contributed by atoms with E-state index in [-0.39, 0.29) is 5.91 Å². The van der Waals surface area contributed by atoms with Crippen molar-refractivity contribution in [1.82, 2.24) is 4.90 Å². The molecule has 5 nitrogen and oxygen atoms in total. The van der Waals surface area contributed by atoms with E-state index < -0.39 is 0 Å². The first kappa shape index (κ1) is 20.6. The summed E-state index contributed by atoms with van der Waals surface area (Å²) in [5.41, 5.74) is 3.53. The van der Waals surface area contributed by atoms with Crippen LogP contribution in [-0.2, 0) is 24.1 Å². The third kappa shape index (κ3) is 4.55. The lowest BCUT2D eigenvalue weighted by Crippen LogP contribution is -2.44. The second-order valence-corrected chi connectivity index (χ2v) is 8.18. The van der Waals surface area contributed by atoms with Gasteiger partial charge in [-0.05, 0) is 67.0 Å². The summed E-state index contributed by atoms with van der Waals surface area (Å²) in [6.45, 7) is 1.61. The maximum atomic E-state index is 13.1. The molecule has 160 valence electrons. The number of fused-ring (bicyclic) bond motifs is 1. The first-order chi connectivity index (χ1) is 14.7. The molecule has 4 rings (SSSR count). The Bertz CT molecular complexity index is 895. The van der Waals surface area contributed by atoms with Gasteiger partial charge in [-0.1, -0.05) is 18.2 Å². The molecular formula is C25H31NO4.